The molecule has 10 heteroatoms. The van der Waals surface area contributed by atoms with E-state index in [0.29, 0.717) is 15.6 Å². The van der Waals surface area contributed by atoms with Gasteiger partial charge in [-0.3, -0.25) is 4.57 Å². The largest absolute Gasteiger partial charge is 0.434 e. The number of aryl methyl sites for hydroxylation is 1. The fourth-order valence-corrected chi connectivity index (χ4v) is 3.60. The van der Waals surface area contributed by atoms with Crippen LogP contribution in [0.2, 0.25) is 0 Å². The molecule has 0 N–H and O–H groups in total. The van der Waals surface area contributed by atoms with E-state index in [0.717, 1.165) is 12.5 Å². The monoisotopic (exact) mass is 387 g/mol. The summed E-state index contributed by atoms with van der Waals surface area (Å²) in [6.45, 7) is 1.74. The Bertz CT molecular complexity index is 1020. The first kappa shape index (κ1) is 17.6. The van der Waals surface area contributed by atoms with Gasteiger partial charge >= 0.3 is 6.18 Å². The summed E-state index contributed by atoms with van der Waals surface area (Å²) in [6, 6.07) is 5.57. The Morgan fingerprint density at radius 2 is 1.80 bits per heavy atom. The number of rotatable bonds is 3. The van der Waals surface area contributed by atoms with Gasteiger partial charge in [-0.2, -0.15) is 13.2 Å². The molecule has 0 fully saturated rings. The second kappa shape index (κ2) is 5.95. The van der Waals surface area contributed by atoms with Crippen LogP contribution in [0.4, 0.5) is 13.2 Å². The van der Waals surface area contributed by atoms with E-state index in [1.54, 1.807) is 6.92 Å². The molecule has 2 heterocycles. The van der Waals surface area contributed by atoms with Gasteiger partial charge in [0.1, 0.15) is 0 Å². The van der Waals surface area contributed by atoms with Crippen molar-refractivity contribution >= 4 is 21.2 Å². The summed E-state index contributed by atoms with van der Waals surface area (Å²) in [5.41, 5.74) is -0.655. The summed E-state index contributed by atoms with van der Waals surface area (Å²) < 4.78 is 63.6. The SMILES string of the molecule is Cc1ncc(-c2nc(C(F)(F)F)cn2-c2ccc(S(C)(=O)=O)cc2)s1. The number of alkyl halides is 3. The zero-order valence-corrected chi connectivity index (χ0v) is 14.7. The highest BCUT2D eigenvalue weighted by Crippen LogP contribution is 2.34. The predicted molar refractivity (Wildman–Crippen MR) is 87.5 cm³/mol. The smallest absolute Gasteiger partial charge is 0.298 e. The fourth-order valence-electron chi connectivity index (χ4n) is 2.21. The number of hydrogen-bond acceptors (Lipinski definition) is 5. The van der Waals surface area contributed by atoms with Gasteiger partial charge in [0.25, 0.3) is 0 Å². The lowest BCUT2D eigenvalue weighted by Gasteiger charge is -2.07. The van der Waals surface area contributed by atoms with Gasteiger partial charge in [-0.05, 0) is 31.2 Å². The summed E-state index contributed by atoms with van der Waals surface area (Å²) in [5, 5.41) is 0.700. The molecule has 0 bridgehead atoms. The highest BCUT2D eigenvalue weighted by Gasteiger charge is 2.35. The lowest BCUT2D eigenvalue weighted by atomic mass is 10.3. The topological polar surface area (TPSA) is 64.8 Å². The zero-order chi connectivity index (χ0) is 18.4. The molecule has 3 aromatic rings. The molecular formula is C15H12F3N3O2S2. The van der Waals surface area contributed by atoms with Crippen molar-refractivity contribution in [2.24, 2.45) is 0 Å². The number of thiazole rings is 1. The minimum atomic E-state index is -4.59. The molecule has 0 amide bonds. The van der Waals surface area contributed by atoms with Gasteiger partial charge in [0.2, 0.25) is 0 Å². The highest BCUT2D eigenvalue weighted by atomic mass is 32.2. The number of sulfone groups is 1. The molecule has 0 spiro atoms. The van der Waals surface area contributed by atoms with Crippen molar-refractivity contribution in [1.29, 1.82) is 0 Å². The Balaban J connectivity index is 2.16. The van der Waals surface area contributed by atoms with Crippen LogP contribution in [0.5, 0.6) is 0 Å². The molecule has 0 saturated heterocycles. The number of nitrogens with zero attached hydrogens (tertiary/aromatic N) is 3. The van der Waals surface area contributed by atoms with Crippen LogP contribution in [0.25, 0.3) is 16.4 Å². The third-order valence-corrected chi connectivity index (χ3v) is 5.42. The minimum Gasteiger partial charge on any atom is -0.298 e. The maximum atomic E-state index is 13.1. The molecule has 0 radical (unpaired) electrons. The first-order valence-corrected chi connectivity index (χ1v) is 9.66. The Morgan fingerprint density at radius 1 is 1.16 bits per heavy atom. The van der Waals surface area contributed by atoms with Crippen LogP contribution >= 0.6 is 11.3 Å². The average Bonchev–Trinajstić information content (AvgIpc) is 3.12. The Hall–Kier alpha value is -2.20. The van der Waals surface area contributed by atoms with E-state index in [9.17, 15) is 21.6 Å². The molecule has 0 atom stereocenters. The van der Waals surface area contributed by atoms with Gasteiger partial charge in [0.05, 0.1) is 14.8 Å². The van der Waals surface area contributed by atoms with Crippen LogP contribution in [0.15, 0.2) is 41.6 Å². The summed E-state index contributed by atoms with van der Waals surface area (Å²) >= 11 is 1.22. The van der Waals surface area contributed by atoms with E-state index < -0.39 is 21.7 Å². The first-order valence-electron chi connectivity index (χ1n) is 6.95. The second-order valence-corrected chi connectivity index (χ2v) is 8.58. The Labute approximate surface area is 145 Å². The maximum absolute atomic E-state index is 13.1. The lowest BCUT2D eigenvalue weighted by Crippen LogP contribution is -2.05. The number of imidazole rings is 1. The van der Waals surface area contributed by atoms with Crippen LogP contribution in [0, 0.1) is 6.92 Å². The Kier molecular flexibility index (Phi) is 4.20. The summed E-state index contributed by atoms with van der Waals surface area (Å²) in [6.07, 6.45) is -1.18. The predicted octanol–water partition coefficient (Wildman–Crippen LogP) is 3.73. The third kappa shape index (κ3) is 3.59. The van der Waals surface area contributed by atoms with Crippen LogP contribution in [-0.2, 0) is 16.0 Å². The molecule has 0 aliphatic heterocycles. The van der Waals surface area contributed by atoms with E-state index in [4.69, 9.17) is 0 Å². The number of benzene rings is 1. The van der Waals surface area contributed by atoms with Crippen LogP contribution in [-0.4, -0.2) is 29.2 Å². The zero-order valence-electron chi connectivity index (χ0n) is 13.1. The summed E-state index contributed by atoms with van der Waals surface area (Å²) in [4.78, 5) is 8.33. The van der Waals surface area contributed by atoms with E-state index >= 15 is 0 Å². The van der Waals surface area contributed by atoms with Gasteiger partial charge < -0.3 is 0 Å². The molecule has 25 heavy (non-hydrogen) atoms. The van der Waals surface area contributed by atoms with Gasteiger partial charge in [-0.1, -0.05) is 0 Å². The maximum Gasteiger partial charge on any atom is 0.434 e. The van der Waals surface area contributed by atoms with E-state index in [2.05, 4.69) is 9.97 Å². The van der Waals surface area contributed by atoms with Crippen LogP contribution in [0.1, 0.15) is 10.7 Å². The fraction of sp³-hybridized carbons (Fsp3) is 0.200. The van der Waals surface area contributed by atoms with Crippen LogP contribution in [0.3, 0.4) is 0 Å². The molecule has 3 rings (SSSR count). The van der Waals surface area contributed by atoms with Gasteiger partial charge in [-0.15, -0.1) is 11.3 Å². The molecule has 132 valence electrons. The minimum absolute atomic E-state index is 0.0857. The number of aromatic nitrogens is 3. The van der Waals surface area contributed by atoms with E-state index in [1.807, 2.05) is 0 Å². The van der Waals surface area contributed by atoms with E-state index in [-0.39, 0.29) is 10.7 Å². The number of hydrogen-bond donors (Lipinski definition) is 0. The quantitative estimate of drug-likeness (QED) is 0.687. The molecule has 0 aliphatic rings. The second-order valence-electron chi connectivity index (χ2n) is 5.33. The normalized spacial score (nSPS) is 12.5. The van der Waals surface area contributed by atoms with Gasteiger partial charge in [0.15, 0.2) is 21.4 Å². The van der Waals surface area contributed by atoms with Crippen molar-refractivity contribution in [3.63, 3.8) is 0 Å². The van der Waals surface area contributed by atoms with Crippen molar-refractivity contribution in [1.82, 2.24) is 14.5 Å². The highest BCUT2D eigenvalue weighted by molar-refractivity contribution is 7.90. The summed E-state index contributed by atoms with van der Waals surface area (Å²) in [7, 11) is -3.39. The first-order chi connectivity index (χ1) is 11.6. The average molecular weight is 387 g/mol. The van der Waals surface area contributed by atoms with Crippen molar-refractivity contribution in [2.75, 3.05) is 6.26 Å². The van der Waals surface area contributed by atoms with Crippen LogP contribution < -0.4 is 0 Å². The lowest BCUT2D eigenvalue weighted by molar-refractivity contribution is -0.140. The van der Waals surface area contributed by atoms with Crippen molar-refractivity contribution in [3.8, 4) is 16.4 Å². The molecule has 0 unspecified atom stereocenters. The molecule has 5 nitrogen and oxygen atoms in total. The molecular weight excluding hydrogens is 375 g/mol. The van der Waals surface area contributed by atoms with Gasteiger partial charge in [0, 0.05) is 24.3 Å². The van der Waals surface area contributed by atoms with E-state index in [1.165, 1.54) is 46.4 Å². The molecule has 1 aromatic carbocycles. The molecule has 0 saturated carbocycles. The summed E-state index contributed by atoms with van der Waals surface area (Å²) in [5.74, 6) is 0.102. The molecule has 0 aliphatic carbocycles. The van der Waals surface area contributed by atoms with Crippen molar-refractivity contribution < 1.29 is 21.6 Å². The number of halogens is 3. The molecule has 2 aromatic heterocycles. The van der Waals surface area contributed by atoms with Gasteiger partial charge in [-0.25, -0.2) is 18.4 Å². The Morgan fingerprint density at radius 3 is 2.28 bits per heavy atom. The standard InChI is InChI=1S/C15H12F3N3O2S2/c1-9-19-7-12(24-9)14-20-13(15(16,17)18)8-21(14)10-3-5-11(6-4-10)25(2,22)23/h3-8H,1-2H3. The van der Waals surface area contributed by atoms with Crippen molar-refractivity contribution in [2.45, 2.75) is 18.0 Å². The van der Waals surface area contributed by atoms with Crippen molar-refractivity contribution in [3.05, 3.63) is 47.4 Å². The third-order valence-electron chi connectivity index (χ3n) is 3.38.